The first-order valence-corrected chi connectivity index (χ1v) is 10.2. The summed E-state index contributed by atoms with van der Waals surface area (Å²) in [6.45, 7) is 1.75. The molecular formula is C19H20N2O5S. The van der Waals surface area contributed by atoms with E-state index in [-0.39, 0.29) is 13.0 Å². The summed E-state index contributed by atoms with van der Waals surface area (Å²) in [5.41, 5.74) is 1.07. The number of cyclic esters (lactones) is 1. The number of sulfonamides is 1. The molecule has 0 unspecified atom stereocenters. The summed E-state index contributed by atoms with van der Waals surface area (Å²) in [4.78, 5) is 24.9. The monoisotopic (exact) mass is 388 g/mol. The summed E-state index contributed by atoms with van der Waals surface area (Å²) in [6.07, 6.45) is 1.36. The first-order chi connectivity index (χ1) is 12.7. The number of carbonyl (C=O) groups is 2. The van der Waals surface area contributed by atoms with Crippen LogP contribution in [0.1, 0.15) is 28.4 Å². The normalized spacial score (nSPS) is 19.0. The van der Waals surface area contributed by atoms with Crippen molar-refractivity contribution >= 4 is 27.6 Å². The maximum Gasteiger partial charge on any atom is 0.339 e. The van der Waals surface area contributed by atoms with Gasteiger partial charge in [0, 0.05) is 18.7 Å². The van der Waals surface area contributed by atoms with Crippen LogP contribution >= 0.6 is 0 Å². The van der Waals surface area contributed by atoms with Gasteiger partial charge < -0.3 is 10.1 Å². The Morgan fingerprint density at radius 1 is 1.19 bits per heavy atom. The molecule has 0 saturated heterocycles. The van der Waals surface area contributed by atoms with E-state index in [4.69, 9.17) is 4.74 Å². The van der Waals surface area contributed by atoms with Crippen LogP contribution in [0.15, 0.2) is 48.5 Å². The quantitative estimate of drug-likeness (QED) is 0.761. The van der Waals surface area contributed by atoms with Gasteiger partial charge in [0.05, 0.1) is 11.8 Å². The molecule has 142 valence electrons. The molecule has 2 aromatic rings. The van der Waals surface area contributed by atoms with Crippen molar-refractivity contribution in [2.24, 2.45) is 0 Å². The topological polar surface area (TPSA) is 102 Å². The highest BCUT2D eigenvalue weighted by atomic mass is 32.2. The molecule has 0 aromatic heterocycles. The maximum atomic E-state index is 12.7. The minimum Gasteiger partial charge on any atom is -0.445 e. The van der Waals surface area contributed by atoms with E-state index in [0.717, 1.165) is 11.8 Å². The molecule has 2 N–H and O–H groups in total. The van der Waals surface area contributed by atoms with Crippen LogP contribution in [-0.2, 0) is 32.5 Å². The van der Waals surface area contributed by atoms with Crippen LogP contribution in [0.2, 0.25) is 0 Å². The van der Waals surface area contributed by atoms with Gasteiger partial charge in [0.1, 0.15) is 0 Å². The lowest BCUT2D eigenvalue weighted by atomic mass is 9.89. The van der Waals surface area contributed by atoms with Gasteiger partial charge >= 0.3 is 5.97 Å². The summed E-state index contributed by atoms with van der Waals surface area (Å²) in [7, 11) is -3.38. The number of hydrogen-bond acceptors (Lipinski definition) is 5. The molecule has 0 radical (unpaired) electrons. The van der Waals surface area contributed by atoms with E-state index in [1.54, 1.807) is 43.3 Å². The third-order valence-corrected chi connectivity index (χ3v) is 4.85. The van der Waals surface area contributed by atoms with Gasteiger partial charge in [0.2, 0.25) is 10.0 Å². The third kappa shape index (κ3) is 4.46. The van der Waals surface area contributed by atoms with E-state index in [0.29, 0.717) is 16.8 Å². The van der Waals surface area contributed by atoms with Crippen LogP contribution in [0, 0.1) is 0 Å². The van der Waals surface area contributed by atoms with Crippen molar-refractivity contribution in [3.05, 3.63) is 65.2 Å². The van der Waals surface area contributed by atoms with Crippen molar-refractivity contribution in [2.45, 2.75) is 25.5 Å². The highest BCUT2D eigenvalue weighted by Gasteiger charge is 2.42. The van der Waals surface area contributed by atoms with Gasteiger partial charge in [-0.25, -0.2) is 13.2 Å². The maximum absolute atomic E-state index is 12.7. The van der Waals surface area contributed by atoms with Crippen molar-refractivity contribution in [1.29, 1.82) is 0 Å². The smallest absolute Gasteiger partial charge is 0.339 e. The second-order valence-electron chi connectivity index (χ2n) is 6.71. The predicted octanol–water partition coefficient (Wildman–Crippen LogP) is 1.85. The molecule has 7 nitrogen and oxygen atoms in total. The first-order valence-electron chi connectivity index (χ1n) is 8.33. The van der Waals surface area contributed by atoms with E-state index >= 15 is 0 Å². The zero-order valence-corrected chi connectivity index (χ0v) is 15.8. The number of amides is 1. The van der Waals surface area contributed by atoms with Crippen LogP contribution in [0.25, 0.3) is 0 Å². The molecule has 1 heterocycles. The van der Waals surface area contributed by atoms with Gasteiger partial charge in [-0.2, -0.15) is 0 Å². The Kier molecular flexibility index (Phi) is 4.93. The van der Waals surface area contributed by atoms with Crippen LogP contribution in [0.4, 0.5) is 5.69 Å². The summed E-state index contributed by atoms with van der Waals surface area (Å²) in [5.74, 6) is -0.930. The lowest BCUT2D eigenvalue weighted by molar-refractivity contribution is -0.139. The molecule has 1 atom stereocenters. The number of nitrogens with one attached hydrogen (secondary N) is 2. The van der Waals surface area contributed by atoms with E-state index in [1.807, 2.05) is 12.1 Å². The Labute approximate surface area is 157 Å². The van der Waals surface area contributed by atoms with Crippen molar-refractivity contribution in [3.63, 3.8) is 0 Å². The van der Waals surface area contributed by atoms with Crippen LogP contribution in [0.5, 0.6) is 0 Å². The lowest BCUT2D eigenvalue weighted by Crippen LogP contribution is -2.51. The average molecular weight is 388 g/mol. The van der Waals surface area contributed by atoms with Gasteiger partial charge in [-0.15, -0.1) is 0 Å². The number of hydrogen-bond donors (Lipinski definition) is 2. The molecule has 3 rings (SSSR count). The Morgan fingerprint density at radius 2 is 1.93 bits per heavy atom. The second kappa shape index (κ2) is 7.03. The molecule has 2 aromatic carbocycles. The van der Waals surface area contributed by atoms with E-state index < -0.39 is 27.5 Å². The van der Waals surface area contributed by atoms with Crippen LogP contribution in [0.3, 0.4) is 0 Å². The highest BCUT2D eigenvalue weighted by Crippen LogP contribution is 2.28. The third-order valence-electron chi connectivity index (χ3n) is 4.25. The Balaban J connectivity index is 1.70. The Hall–Kier alpha value is -2.87. The minimum atomic E-state index is -3.38. The molecular weight excluding hydrogens is 368 g/mol. The number of rotatable bonds is 5. The minimum absolute atomic E-state index is 0.174. The van der Waals surface area contributed by atoms with Crippen molar-refractivity contribution in [1.82, 2.24) is 5.32 Å². The van der Waals surface area contributed by atoms with Crippen molar-refractivity contribution in [3.8, 4) is 0 Å². The lowest BCUT2D eigenvalue weighted by Gasteiger charge is -2.33. The summed E-state index contributed by atoms with van der Waals surface area (Å²) >= 11 is 0. The molecule has 1 aliphatic heterocycles. The summed E-state index contributed by atoms with van der Waals surface area (Å²) in [6, 6.07) is 13.7. The number of fused-ring (bicyclic) bond motifs is 1. The van der Waals surface area contributed by atoms with Crippen LogP contribution in [-0.4, -0.2) is 32.2 Å². The Bertz CT molecular complexity index is 1000. The zero-order chi connectivity index (χ0) is 19.7. The molecule has 0 fully saturated rings. The van der Waals surface area contributed by atoms with E-state index in [1.165, 1.54) is 0 Å². The fourth-order valence-electron chi connectivity index (χ4n) is 2.99. The fraction of sp³-hybridized carbons (Fsp3) is 0.263. The molecule has 0 bridgehead atoms. The number of anilines is 1. The molecule has 0 spiro atoms. The van der Waals surface area contributed by atoms with Crippen molar-refractivity contribution < 1.29 is 22.7 Å². The van der Waals surface area contributed by atoms with Gasteiger partial charge in [-0.3, -0.25) is 9.52 Å². The number of carbonyl (C=O) groups excluding carboxylic acids is 2. The summed E-state index contributed by atoms with van der Waals surface area (Å²) in [5, 5.41) is 2.76. The number of esters is 1. The number of ether oxygens (including phenoxy) is 1. The highest BCUT2D eigenvalue weighted by molar-refractivity contribution is 7.92. The van der Waals surface area contributed by atoms with Gasteiger partial charge in [0.25, 0.3) is 5.91 Å². The van der Waals surface area contributed by atoms with Gasteiger partial charge in [-0.1, -0.05) is 30.3 Å². The fourth-order valence-corrected chi connectivity index (χ4v) is 3.54. The standard InChI is InChI=1S/C19H20N2O5S/c1-19(11-14-7-3-4-9-16(14)17(22)26-19)18(23)20-12-13-6-5-8-15(10-13)21-27(2,24)25/h3-10,21H,11-12H2,1-2H3,(H,20,23)/t19-/m1/s1. The van der Waals surface area contributed by atoms with Crippen molar-refractivity contribution in [2.75, 3.05) is 11.0 Å². The largest absolute Gasteiger partial charge is 0.445 e. The van der Waals surface area contributed by atoms with E-state index in [9.17, 15) is 18.0 Å². The summed E-state index contributed by atoms with van der Waals surface area (Å²) < 4.78 is 30.4. The number of benzene rings is 2. The van der Waals surface area contributed by atoms with Crippen LogP contribution < -0.4 is 10.0 Å². The van der Waals surface area contributed by atoms with Gasteiger partial charge in [-0.05, 0) is 36.2 Å². The molecule has 0 saturated carbocycles. The SMILES string of the molecule is C[C@]1(C(=O)NCc2cccc(NS(C)(=O)=O)c2)Cc2ccccc2C(=O)O1. The molecule has 27 heavy (non-hydrogen) atoms. The van der Waals surface area contributed by atoms with E-state index in [2.05, 4.69) is 10.0 Å². The van der Waals surface area contributed by atoms with Gasteiger partial charge in [0.15, 0.2) is 5.60 Å². The first kappa shape index (κ1) is 18.9. The average Bonchev–Trinajstić information content (AvgIpc) is 2.58. The second-order valence-corrected chi connectivity index (χ2v) is 8.46. The molecule has 1 amide bonds. The molecule has 0 aliphatic carbocycles. The molecule has 1 aliphatic rings. The molecule has 8 heteroatoms. The Morgan fingerprint density at radius 3 is 2.67 bits per heavy atom. The predicted molar refractivity (Wildman–Crippen MR) is 101 cm³/mol. The zero-order valence-electron chi connectivity index (χ0n) is 15.0.